The second-order valence-corrected chi connectivity index (χ2v) is 9.54. The zero-order valence-electron chi connectivity index (χ0n) is 18.2. The average molecular weight is 449 g/mol. The number of nitrogens with zero attached hydrogens (tertiary/aromatic N) is 2. The van der Waals surface area contributed by atoms with Gasteiger partial charge in [-0.1, -0.05) is 41.4 Å². The number of halogens is 2. The zero-order valence-corrected chi connectivity index (χ0v) is 18.9. The van der Waals surface area contributed by atoms with Crippen LogP contribution in [-0.4, -0.2) is 30.4 Å². The van der Waals surface area contributed by atoms with Gasteiger partial charge in [0.15, 0.2) is 0 Å². The lowest BCUT2D eigenvalue weighted by atomic mass is 9.74. The molecule has 0 atom stereocenters. The highest BCUT2D eigenvalue weighted by Gasteiger charge is 2.46. The van der Waals surface area contributed by atoms with Crippen molar-refractivity contribution in [3.63, 3.8) is 0 Å². The summed E-state index contributed by atoms with van der Waals surface area (Å²) in [7, 11) is 0. The smallest absolute Gasteiger partial charge is 0.258 e. The Morgan fingerprint density at radius 1 is 1.03 bits per heavy atom. The van der Waals surface area contributed by atoms with Crippen LogP contribution in [0.4, 0.5) is 10.1 Å². The average Bonchev–Trinajstić information content (AvgIpc) is 3.09. The van der Waals surface area contributed by atoms with Gasteiger partial charge >= 0.3 is 0 Å². The maximum absolute atomic E-state index is 13.4. The van der Waals surface area contributed by atoms with E-state index in [2.05, 4.69) is 36.1 Å². The van der Waals surface area contributed by atoms with Gasteiger partial charge in [0.25, 0.3) is 5.91 Å². The molecule has 2 aliphatic rings. The number of rotatable bonds is 3. The van der Waals surface area contributed by atoms with E-state index >= 15 is 0 Å². The molecule has 3 nitrogen and oxygen atoms in total. The largest absolute Gasteiger partial charge is 0.307 e. The number of likely N-dealkylation sites (tertiary alicyclic amines) is 1. The molecule has 0 N–H and O–H groups in total. The third-order valence-corrected chi connectivity index (χ3v) is 7.15. The number of anilines is 1. The van der Waals surface area contributed by atoms with Gasteiger partial charge in [0.2, 0.25) is 0 Å². The Labute approximate surface area is 193 Å². The summed E-state index contributed by atoms with van der Waals surface area (Å²) >= 11 is 6.16. The maximum Gasteiger partial charge on any atom is 0.258 e. The van der Waals surface area contributed by atoms with Crippen LogP contribution in [0, 0.1) is 12.7 Å². The van der Waals surface area contributed by atoms with Crippen LogP contribution in [0.3, 0.4) is 0 Å². The quantitative estimate of drug-likeness (QED) is 0.492. The summed E-state index contributed by atoms with van der Waals surface area (Å²) < 4.78 is 13.4. The summed E-state index contributed by atoms with van der Waals surface area (Å²) in [5.74, 6) is -0.393. The van der Waals surface area contributed by atoms with Crippen LogP contribution < -0.4 is 4.90 Å². The molecule has 3 aromatic rings. The van der Waals surface area contributed by atoms with Gasteiger partial charge in [-0.2, -0.15) is 0 Å². The van der Waals surface area contributed by atoms with Crippen LogP contribution in [0.15, 0.2) is 66.7 Å². The molecule has 1 saturated heterocycles. The molecule has 5 heteroatoms. The molecule has 0 saturated carbocycles. The van der Waals surface area contributed by atoms with Gasteiger partial charge in [0.1, 0.15) is 5.82 Å². The van der Waals surface area contributed by atoms with Crippen molar-refractivity contribution in [1.82, 2.24) is 4.90 Å². The molecule has 1 amide bonds. The third-order valence-electron chi connectivity index (χ3n) is 6.92. The zero-order chi connectivity index (χ0) is 22.3. The maximum atomic E-state index is 13.4. The molecule has 2 heterocycles. The van der Waals surface area contributed by atoms with E-state index in [1.54, 1.807) is 12.1 Å². The summed E-state index contributed by atoms with van der Waals surface area (Å²) in [4.78, 5) is 17.7. The van der Waals surface area contributed by atoms with Crippen LogP contribution in [0.25, 0.3) is 0 Å². The molecule has 164 valence electrons. The predicted molar refractivity (Wildman–Crippen MR) is 127 cm³/mol. The van der Waals surface area contributed by atoms with Gasteiger partial charge in [-0.3, -0.25) is 9.69 Å². The van der Waals surface area contributed by atoms with Gasteiger partial charge in [0.05, 0.1) is 0 Å². The number of piperidine rings is 1. The van der Waals surface area contributed by atoms with Crippen molar-refractivity contribution in [3.05, 3.63) is 99.8 Å². The van der Waals surface area contributed by atoms with Crippen molar-refractivity contribution in [1.29, 1.82) is 0 Å². The minimum absolute atomic E-state index is 0.0398. The number of aryl methyl sites for hydroxylation is 1. The van der Waals surface area contributed by atoms with E-state index in [4.69, 9.17) is 11.6 Å². The van der Waals surface area contributed by atoms with Crippen molar-refractivity contribution in [2.45, 2.75) is 31.7 Å². The minimum atomic E-state index is -0.331. The first kappa shape index (κ1) is 21.2. The van der Waals surface area contributed by atoms with Crippen LogP contribution >= 0.6 is 11.6 Å². The van der Waals surface area contributed by atoms with Crippen LogP contribution in [0.2, 0.25) is 5.02 Å². The van der Waals surface area contributed by atoms with E-state index in [0.29, 0.717) is 12.1 Å². The van der Waals surface area contributed by atoms with E-state index in [-0.39, 0.29) is 17.1 Å². The third kappa shape index (κ3) is 3.94. The number of amides is 1. The highest BCUT2D eigenvalue weighted by molar-refractivity contribution is 6.30. The first-order chi connectivity index (χ1) is 15.4. The number of carbonyl (C=O) groups is 1. The Kier molecular flexibility index (Phi) is 5.52. The van der Waals surface area contributed by atoms with Gasteiger partial charge < -0.3 is 4.90 Å². The fraction of sp³-hybridized carbons (Fsp3) is 0.296. The van der Waals surface area contributed by atoms with E-state index in [9.17, 15) is 9.18 Å². The molecule has 0 aliphatic carbocycles. The topological polar surface area (TPSA) is 23.6 Å². The Hall–Kier alpha value is -2.69. The van der Waals surface area contributed by atoms with Gasteiger partial charge in [0, 0.05) is 34.8 Å². The SMILES string of the molecule is Cc1ccc2c(c1)C1(CCN(Cc3cccc(Cl)c3)CC1)CN2C(=O)c1ccc(F)cc1. The number of benzene rings is 3. The Morgan fingerprint density at radius 3 is 2.50 bits per heavy atom. The van der Waals surface area contributed by atoms with Crippen LogP contribution in [-0.2, 0) is 12.0 Å². The van der Waals surface area contributed by atoms with Crippen molar-refractivity contribution >= 4 is 23.2 Å². The summed E-state index contributed by atoms with van der Waals surface area (Å²) in [6.45, 7) is 5.60. The highest BCUT2D eigenvalue weighted by Crippen LogP contribution is 2.48. The summed E-state index contributed by atoms with van der Waals surface area (Å²) in [5.41, 5.74) is 5.18. The van der Waals surface area contributed by atoms with Crippen LogP contribution in [0.5, 0.6) is 0 Å². The van der Waals surface area contributed by atoms with Gasteiger partial charge in [-0.15, -0.1) is 0 Å². The fourth-order valence-electron chi connectivity index (χ4n) is 5.17. The lowest BCUT2D eigenvalue weighted by Crippen LogP contribution is -2.45. The molecule has 0 aromatic heterocycles. The predicted octanol–water partition coefficient (Wildman–Crippen LogP) is 5.98. The Balaban J connectivity index is 1.38. The lowest BCUT2D eigenvalue weighted by Gasteiger charge is -2.40. The molecule has 3 aromatic carbocycles. The molecular weight excluding hydrogens is 423 g/mol. The molecule has 5 rings (SSSR count). The van der Waals surface area contributed by atoms with E-state index in [0.717, 1.165) is 43.2 Å². The molecule has 2 aliphatic heterocycles. The standard InChI is InChI=1S/C27H26ClFN2O/c1-19-5-10-25-24(15-19)27(18-31(25)26(32)21-6-8-23(29)9-7-21)11-13-30(14-12-27)17-20-3-2-4-22(28)16-20/h2-10,15-16H,11-14,17-18H2,1H3. The number of hydrogen-bond donors (Lipinski definition) is 0. The number of carbonyl (C=O) groups excluding carboxylic acids is 1. The second kappa shape index (κ2) is 8.34. The number of fused-ring (bicyclic) bond motifs is 2. The Morgan fingerprint density at radius 2 is 1.78 bits per heavy atom. The molecule has 1 fully saturated rings. The van der Waals surface area contributed by atoms with Gasteiger partial charge in [-0.05, 0) is 86.4 Å². The van der Waals surface area contributed by atoms with Gasteiger partial charge in [-0.25, -0.2) is 4.39 Å². The van der Waals surface area contributed by atoms with Crippen molar-refractivity contribution in [2.75, 3.05) is 24.5 Å². The molecule has 0 unspecified atom stereocenters. The lowest BCUT2D eigenvalue weighted by molar-refractivity contribution is 0.0975. The fourth-order valence-corrected chi connectivity index (χ4v) is 5.39. The monoisotopic (exact) mass is 448 g/mol. The summed E-state index contributed by atoms with van der Waals surface area (Å²) in [6.07, 6.45) is 1.99. The molecule has 0 bridgehead atoms. The summed E-state index contributed by atoms with van der Waals surface area (Å²) in [5, 5.41) is 0.770. The molecule has 0 radical (unpaired) electrons. The minimum Gasteiger partial charge on any atom is -0.307 e. The molecule has 1 spiro atoms. The number of hydrogen-bond acceptors (Lipinski definition) is 2. The second-order valence-electron chi connectivity index (χ2n) is 9.11. The first-order valence-corrected chi connectivity index (χ1v) is 11.5. The van der Waals surface area contributed by atoms with E-state index in [1.165, 1.54) is 28.8 Å². The van der Waals surface area contributed by atoms with Crippen molar-refractivity contribution in [2.24, 2.45) is 0 Å². The van der Waals surface area contributed by atoms with Crippen molar-refractivity contribution < 1.29 is 9.18 Å². The highest BCUT2D eigenvalue weighted by atomic mass is 35.5. The summed E-state index contributed by atoms with van der Waals surface area (Å²) in [6, 6.07) is 20.3. The van der Waals surface area contributed by atoms with Crippen molar-refractivity contribution in [3.8, 4) is 0 Å². The van der Waals surface area contributed by atoms with E-state index < -0.39 is 0 Å². The van der Waals surface area contributed by atoms with Crippen LogP contribution in [0.1, 0.15) is 39.9 Å². The Bertz CT molecular complexity index is 1150. The first-order valence-electron chi connectivity index (χ1n) is 11.1. The normalized spacial score (nSPS) is 17.5. The molecular formula is C27H26ClFN2O. The molecule has 32 heavy (non-hydrogen) atoms. The van der Waals surface area contributed by atoms with E-state index in [1.807, 2.05) is 23.1 Å².